The van der Waals surface area contributed by atoms with Gasteiger partial charge in [-0.25, -0.2) is 0 Å². The molecule has 114 valence electrons. The molecule has 2 N–H and O–H groups in total. The molecule has 1 aromatic carbocycles. The number of ether oxygens (including phenoxy) is 1. The number of rotatable bonds is 5. The van der Waals surface area contributed by atoms with Gasteiger partial charge in [0.25, 0.3) is 5.91 Å². The molecule has 2 amide bonds. The molecular weight excluding hydrogens is 268 g/mol. The lowest BCUT2D eigenvalue weighted by Gasteiger charge is -2.28. The Hall–Kier alpha value is -2.04. The van der Waals surface area contributed by atoms with Gasteiger partial charge in [0, 0.05) is 12.1 Å². The van der Waals surface area contributed by atoms with Gasteiger partial charge < -0.3 is 15.4 Å². The minimum atomic E-state index is -0.757. The Morgan fingerprint density at radius 1 is 1.19 bits per heavy atom. The number of methoxy groups -OCH3 is 1. The summed E-state index contributed by atoms with van der Waals surface area (Å²) in [7, 11) is 1.58. The fraction of sp³-hybridized carbons (Fsp3) is 0.500. The number of carbonyl (C=O) groups excluding carboxylic acids is 2. The van der Waals surface area contributed by atoms with Gasteiger partial charge in [-0.05, 0) is 44.0 Å². The van der Waals surface area contributed by atoms with Gasteiger partial charge >= 0.3 is 0 Å². The number of carbonyl (C=O) groups is 2. The van der Waals surface area contributed by atoms with E-state index in [9.17, 15) is 9.59 Å². The molecule has 1 aromatic rings. The molecule has 1 saturated carbocycles. The summed E-state index contributed by atoms with van der Waals surface area (Å²) in [5.74, 6) is 0.404. The van der Waals surface area contributed by atoms with Gasteiger partial charge in [-0.2, -0.15) is 0 Å². The first-order chi connectivity index (χ1) is 10.1. The molecule has 5 heteroatoms. The van der Waals surface area contributed by atoms with Crippen LogP contribution in [0.15, 0.2) is 24.3 Å². The fourth-order valence-corrected chi connectivity index (χ4v) is 2.75. The van der Waals surface area contributed by atoms with Gasteiger partial charge in [0.1, 0.15) is 11.3 Å². The zero-order chi connectivity index (χ0) is 15.3. The molecule has 1 aliphatic rings. The normalized spacial score (nSPS) is 16.3. The topological polar surface area (TPSA) is 67.4 Å². The van der Waals surface area contributed by atoms with Gasteiger partial charge in [-0.3, -0.25) is 9.59 Å². The highest BCUT2D eigenvalue weighted by Crippen LogP contribution is 2.30. The summed E-state index contributed by atoms with van der Waals surface area (Å²) >= 11 is 0. The van der Waals surface area contributed by atoms with E-state index in [1.807, 2.05) is 6.92 Å². The molecule has 5 nitrogen and oxygen atoms in total. The van der Waals surface area contributed by atoms with Gasteiger partial charge in [-0.15, -0.1) is 0 Å². The number of likely N-dealkylation sites (N-methyl/N-ethyl adjacent to an activating group) is 1. The van der Waals surface area contributed by atoms with E-state index in [-0.39, 0.29) is 11.8 Å². The first kappa shape index (κ1) is 15.4. The van der Waals surface area contributed by atoms with Crippen molar-refractivity contribution in [2.45, 2.75) is 38.1 Å². The largest absolute Gasteiger partial charge is 0.497 e. The Kier molecular flexibility index (Phi) is 4.83. The second-order valence-corrected chi connectivity index (χ2v) is 5.33. The van der Waals surface area contributed by atoms with Crippen LogP contribution in [0.25, 0.3) is 0 Å². The second kappa shape index (κ2) is 6.61. The van der Waals surface area contributed by atoms with E-state index in [1.54, 1.807) is 31.4 Å². The number of amides is 2. The van der Waals surface area contributed by atoms with Gasteiger partial charge in [0.15, 0.2) is 0 Å². The van der Waals surface area contributed by atoms with E-state index in [4.69, 9.17) is 4.74 Å². The van der Waals surface area contributed by atoms with Crippen molar-refractivity contribution in [3.8, 4) is 5.75 Å². The quantitative estimate of drug-likeness (QED) is 0.870. The smallest absolute Gasteiger partial charge is 0.252 e. The van der Waals surface area contributed by atoms with E-state index >= 15 is 0 Å². The highest BCUT2D eigenvalue weighted by Gasteiger charge is 2.42. The summed E-state index contributed by atoms with van der Waals surface area (Å²) < 4.78 is 5.08. The standard InChI is InChI=1S/C16H22N2O3/c1-3-17-15(20)16(10-4-5-11-16)18-14(19)12-6-8-13(21-2)9-7-12/h6-9H,3-5,10-11H2,1-2H3,(H,17,20)(H,18,19). The van der Waals surface area contributed by atoms with Crippen LogP contribution in [-0.2, 0) is 4.79 Å². The van der Waals surface area contributed by atoms with E-state index in [0.29, 0.717) is 30.7 Å². The molecule has 0 aromatic heterocycles. The van der Waals surface area contributed by atoms with E-state index in [2.05, 4.69) is 10.6 Å². The average molecular weight is 290 g/mol. The maximum absolute atomic E-state index is 12.4. The summed E-state index contributed by atoms with van der Waals surface area (Å²) in [6.07, 6.45) is 3.31. The lowest BCUT2D eigenvalue weighted by Crippen LogP contribution is -2.57. The molecule has 0 radical (unpaired) electrons. The van der Waals surface area contributed by atoms with Crippen molar-refractivity contribution in [3.05, 3.63) is 29.8 Å². The highest BCUT2D eigenvalue weighted by molar-refractivity contribution is 5.99. The van der Waals surface area contributed by atoms with Crippen molar-refractivity contribution in [3.63, 3.8) is 0 Å². The third kappa shape index (κ3) is 3.35. The summed E-state index contributed by atoms with van der Waals surface area (Å²) in [5, 5.41) is 5.77. The number of nitrogens with one attached hydrogen (secondary N) is 2. The first-order valence-corrected chi connectivity index (χ1v) is 7.36. The van der Waals surface area contributed by atoms with Crippen molar-refractivity contribution in [2.24, 2.45) is 0 Å². The minimum absolute atomic E-state index is 0.0793. The lowest BCUT2D eigenvalue weighted by atomic mass is 9.95. The van der Waals surface area contributed by atoms with E-state index in [0.717, 1.165) is 12.8 Å². The van der Waals surface area contributed by atoms with Crippen LogP contribution in [0.3, 0.4) is 0 Å². The van der Waals surface area contributed by atoms with Crippen molar-refractivity contribution >= 4 is 11.8 Å². The molecule has 0 saturated heterocycles. The Morgan fingerprint density at radius 3 is 2.33 bits per heavy atom. The van der Waals surface area contributed by atoms with Crippen LogP contribution in [0.4, 0.5) is 0 Å². The molecule has 1 aliphatic carbocycles. The molecule has 21 heavy (non-hydrogen) atoms. The van der Waals surface area contributed by atoms with Crippen LogP contribution in [0.5, 0.6) is 5.75 Å². The molecule has 0 aliphatic heterocycles. The zero-order valence-corrected chi connectivity index (χ0v) is 12.6. The van der Waals surface area contributed by atoms with Gasteiger partial charge in [-0.1, -0.05) is 12.8 Å². The molecule has 0 unspecified atom stereocenters. The first-order valence-electron chi connectivity index (χ1n) is 7.36. The number of benzene rings is 1. The summed E-state index contributed by atoms with van der Waals surface area (Å²) in [6, 6.07) is 6.88. The maximum Gasteiger partial charge on any atom is 0.252 e. The molecule has 2 rings (SSSR count). The van der Waals surface area contributed by atoms with Crippen molar-refractivity contribution < 1.29 is 14.3 Å². The lowest BCUT2D eigenvalue weighted by molar-refractivity contribution is -0.127. The Labute approximate surface area is 125 Å². The summed E-state index contributed by atoms with van der Waals surface area (Å²) in [6.45, 7) is 2.45. The Bertz CT molecular complexity index is 505. The molecular formula is C16H22N2O3. The second-order valence-electron chi connectivity index (χ2n) is 5.33. The van der Waals surface area contributed by atoms with Crippen LogP contribution in [0, 0.1) is 0 Å². The molecule has 0 bridgehead atoms. The van der Waals surface area contributed by atoms with Crippen LogP contribution in [-0.4, -0.2) is 31.0 Å². The third-order valence-electron chi connectivity index (χ3n) is 3.93. The van der Waals surface area contributed by atoms with Crippen molar-refractivity contribution in [1.29, 1.82) is 0 Å². The molecule has 0 heterocycles. The maximum atomic E-state index is 12.4. The van der Waals surface area contributed by atoms with E-state index in [1.165, 1.54) is 0 Å². The highest BCUT2D eigenvalue weighted by atomic mass is 16.5. The third-order valence-corrected chi connectivity index (χ3v) is 3.93. The Balaban J connectivity index is 2.12. The van der Waals surface area contributed by atoms with Gasteiger partial charge in [0.2, 0.25) is 5.91 Å². The average Bonchev–Trinajstić information content (AvgIpc) is 2.97. The zero-order valence-electron chi connectivity index (χ0n) is 12.6. The predicted octanol–water partition coefficient (Wildman–Crippen LogP) is 1.87. The molecule has 0 atom stereocenters. The molecule has 0 spiro atoms. The van der Waals surface area contributed by atoms with E-state index < -0.39 is 5.54 Å². The SMILES string of the molecule is CCNC(=O)C1(NC(=O)c2ccc(OC)cc2)CCCC1. The Morgan fingerprint density at radius 2 is 1.81 bits per heavy atom. The van der Waals surface area contributed by atoms with Crippen LogP contribution in [0.1, 0.15) is 43.0 Å². The minimum Gasteiger partial charge on any atom is -0.497 e. The summed E-state index contributed by atoms with van der Waals surface area (Å²) in [4.78, 5) is 24.7. The fourth-order valence-electron chi connectivity index (χ4n) is 2.75. The van der Waals surface area contributed by atoms with Crippen LogP contribution in [0.2, 0.25) is 0 Å². The number of hydrogen-bond donors (Lipinski definition) is 2. The van der Waals surface area contributed by atoms with Crippen molar-refractivity contribution in [2.75, 3.05) is 13.7 Å². The summed E-state index contributed by atoms with van der Waals surface area (Å²) in [5.41, 5.74) is -0.223. The van der Waals surface area contributed by atoms with Crippen LogP contribution < -0.4 is 15.4 Å². The monoisotopic (exact) mass is 290 g/mol. The molecule has 1 fully saturated rings. The van der Waals surface area contributed by atoms with Gasteiger partial charge in [0.05, 0.1) is 7.11 Å². The van der Waals surface area contributed by atoms with Crippen LogP contribution >= 0.6 is 0 Å². The van der Waals surface area contributed by atoms with Crippen molar-refractivity contribution in [1.82, 2.24) is 10.6 Å². The number of hydrogen-bond acceptors (Lipinski definition) is 3. The predicted molar refractivity (Wildman–Crippen MR) is 80.3 cm³/mol.